The van der Waals surface area contributed by atoms with Crippen LogP contribution in [0.5, 0.6) is 5.75 Å². The first kappa shape index (κ1) is 9.67. The minimum absolute atomic E-state index is 0.0878. The van der Waals surface area contributed by atoms with Gasteiger partial charge < -0.3 is 9.47 Å². The van der Waals surface area contributed by atoms with E-state index in [0.717, 1.165) is 11.3 Å². The van der Waals surface area contributed by atoms with Crippen LogP contribution in [0, 0.1) is 0 Å². The van der Waals surface area contributed by atoms with Gasteiger partial charge in [0.2, 0.25) is 0 Å². The summed E-state index contributed by atoms with van der Waals surface area (Å²) in [6, 6.07) is 12.5. The third-order valence-corrected chi connectivity index (χ3v) is 3.03. The minimum atomic E-state index is -0.163. The van der Waals surface area contributed by atoms with E-state index in [-0.39, 0.29) is 12.4 Å². The molecule has 0 aromatic heterocycles. The van der Waals surface area contributed by atoms with Gasteiger partial charge in [-0.3, -0.25) is 0 Å². The largest absolute Gasteiger partial charge is 0.465 e. The normalized spacial score (nSPS) is 23.9. The van der Waals surface area contributed by atoms with E-state index in [1.54, 1.807) is 0 Å². The van der Waals surface area contributed by atoms with Crippen LogP contribution in [0.2, 0.25) is 0 Å². The summed E-state index contributed by atoms with van der Waals surface area (Å²) in [7, 11) is 0. The Hall–Kier alpha value is -1.54. The number of rotatable bonds is 0. The molecule has 1 heterocycles. The Balaban J connectivity index is 2.29. The monoisotopic (exact) mass is 214 g/mol. The molecule has 2 nitrogen and oxygen atoms in total. The summed E-state index contributed by atoms with van der Waals surface area (Å²) in [6.45, 7) is 4.00. The lowest BCUT2D eigenvalue weighted by Crippen LogP contribution is -2.24. The fraction of sp³-hybridized carbons (Fsp3) is 0.286. The number of hydrogen-bond donors (Lipinski definition) is 0. The van der Waals surface area contributed by atoms with Crippen LogP contribution in [-0.4, -0.2) is 6.29 Å². The van der Waals surface area contributed by atoms with Crippen molar-refractivity contribution in [2.45, 2.75) is 26.2 Å². The van der Waals surface area contributed by atoms with Crippen molar-refractivity contribution < 1.29 is 9.47 Å². The lowest BCUT2D eigenvalue weighted by Gasteiger charge is -2.29. The Morgan fingerprint density at radius 3 is 2.69 bits per heavy atom. The van der Waals surface area contributed by atoms with E-state index in [4.69, 9.17) is 9.47 Å². The predicted octanol–water partition coefficient (Wildman–Crippen LogP) is 3.66. The van der Waals surface area contributed by atoms with Gasteiger partial charge in [-0.25, -0.2) is 0 Å². The zero-order chi connectivity index (χ0) is 11.1. The summed E-state index contributed by atoms with van der Waals surface area (Å²) in [5.74, 6) is 0.949. The molecule has 2 aromatic rings. The summed E-state index contributed by atoms with van der Waals surface area (Å²) in [4.78, 5) is 0. The summed E-state index contributed by atoms with van der Waals surface area (Å²) in [5, 5.41) is 2.45. The maximum atomic E-state index is 5.70. The zero-order valence-corrected chi connectivity index (χ0v) is 9.44. The molecule has 3 rings (SSSR count). The molecule has 0 fully saturated rings. The molecule has 0 radical (unpaired) electrons. The van der Waals surface area contributed by atoms with Crippen LogP contribution in [0.15, 0.2) is 36.4 Å². The molecule has 2 heteroatoms. The van der Waals surface area contributed by atoms with Crippen LogP contribution in [0.25, 0.3) is 10.8 Å². The molecule has 0 spiro atoms. The van der Waals surface area contributed by atoms with Gasteiger partial charge in [0.15, 0.2) is 6.29 Å². The third kappa shape index (κ3) is 1.38. The molecule has 2 unspecified atom stereocenters. The van der Waals surface area contributed by atoms with Crippen LogP contribution >= 0.6 is 0 Å². The van der Waals surface area contributed by atoms with E-state index in [2.05, 4.69) is 25.1 Å². The quantitative estimate of drug-likeness (QED) is 0.666. The van der Waals surface area contributed by atoms with Gasteiger partial charge in [0.1, 0.15) is 5.75 Å². The van der Waals surface area contributed by atoms with Crippen molar-refractivity contribution >= 4 is 10.8 Å². The molecule has 0 aliphatic carbocycles. The average Bonchev–Trinajstić information content (AvgIpc) is 2.28. The van der Waals surface area contributed by atoms with Crippen molar-refractivity contribution in [3.05, 3.63) is 42.0 Å². The lowest BCUT2D eigenvalue weighted by atomic mass is 9.99. The number of benzene rings is 2. The second-order valence-electron chi connectivity index (χ2n) is 4.16. The summed E-state index contributed by atoms with van der Waals surface area (Å²) in [5.41, 5.74) is 1.16. The Morgan fingerprint density at radius 1 is 1.00 bits per heavy atom. The first-order valence-corrected chi connectivity index (χ1v) is 5.59. The first-order valence-electron chi connectivity index (χ1n) is 5.59. The predicted molar refractivity (Wildman–Crippen MR) is 63.5 cm³/mol. The highest BCUT2D eigenvalue weighted by Crippen LogP contribution is 2.38. The molecule has 0 saturated carbocycles. The van der Waals surface area contributed by atoms with Crippen molar-refractivity contribution in [3.63, 3.8) is 0 Å². The van der Waals surface area contributed by atoms with Gasteiger partial charge in [0.25, 0.3) is 0 Å². The van der Waals surface area contributed by atoms with E-state index >= 15 is 0 Å². The molecular formula is C14H14O2. The average molecular weight is 214 g/mol. The molecule has 0 N–H and O–H groups in total. The van der Waals surface area contributed by atoms with E-state index in [0.29, 0.717) is 0 Å². The molecule has 2 aromatic carbocycles. The minimum Gasteiger partial charge on any atom is -0.465 e. The van der Waals surface area contributed by atoms with Crippen molar-refractivity contribution in [3.8, 4) is 5.75 Å². The fourth-order valence-electron chi connectivity index (χ4n) is 2.36. The van der Waals surface area contributed by atoms with E-state index in [1.807, 2.05) is 25.1 Å². The Kier molecular flexibility index (Phi) is 2.11. The van der Waals surface area contributed by atoms with Gasteiger partial charge in [-0.2, -0.15) is 0 Å². The molecule has 1 aliphatic heterocycles. The second kappa shape index (κ2) is 3.49. The van der Waals surface area contributed by atoms with Gasteiger partial charge in [-0.05, 0) is 30.7 Å². The Labute approximate surface area is 94.8 Å². The highest BCUT2D eigenvalue weighted by Gasteiger charge is 2.24. The van der Waals surface area contributed by atoms with E-state index in [9.17, 15) is 0 Å². The fourth-order valence-corrected chi connectivity index (χ4v) is 2.36. The van der Waals surface area contributed by atoms with Crippen molar-refractivity contribution in [2.24, 2.45) is 0 Å². The van der Waals surface area contributed by atoms with Crippen molar-refractivity contribution in [2.75, 3.05) is 0 Å². The summed E-state index contributed by atoms with van der Waals surface area (Å²) >= 11 is 0. The van der Waals surface area contributed by atoms with Gasteiger partial charge in [0.05, 0.1) is 6.10 Å². The zero-order valence-electron chi connectivity index (χ0n) is 9.44. The van der Waals surface area contributed by atoms with E-state index in [1.165, 1.54) is 10.8 Å². The van der Waals surface area contributed by atoms with Crippen molar-refractivity contribution in [1.82, 2.24) is 0 Å². The number of hydrogen-bond acceptors (Lipinski definition) is 2. The summed E-state index contributed by atoms with van der Waals surface area (Å²) in [6.07, 6.45) is -0.0755. The topological polar surface area (TPSA) is 18.5 Å². The molecule has 2 atom stereocenters. The van der Waals surface area contributed by atoms with Crippen LogP contribution < -0.4 is 4.74 Å². The third-order valence-electron chi connectivity index (χ3n) is 3.03. The SMILES string of the molecule is CC1Oc2ccc3ccccc3c2C(C)O1. The number of ether oxygens (including phenoxy) is 2. The van der Waals surface area contributed by atoms with Gasteiger partial charge >= 0.3 is 0 Å². The maximum Gasteiger partial charge on any atom is 0.197 e. The lowest BCUT2D eigenvalue weighted by molar-refractivity contribution is -0.122. The molecule has 0 saturated heterocycles. The van der Waals surface area contributed by atoms with Gasteiger partial charge in [-0.15, -0.1) is 0 Å². The standard InChI is InChI=1S/C14H14O2/c1-9-14-12-6-4-3-5-11(12)7-8-13(14)16-10(2)15-9/h3-10H,1-2H3. The summed E-state index contributed by atoms with van der Waals surface area (Å²) < 4.78 is 11.4. The number of fused-ring (bicyclic) bond motifs is 3. The van der Waals surface area contributed by atoms with Crippen LogP contribution in [0.4, 0.5) is 0 Å². The maximum absolute atomic E-state index is 5.70. The molecule has 16 heavy (non-hydrogen) atoms. The highest BCUT2D eigenvalue weighted by atomic mass is 16.7. The van der Waals surface area contributed by atoms with E-state index < -0.39 is 0 Å². The van der Waals surface area contributed by atoms with Crippen LogP contribution in [0.3, 0.4) is 0 Å². The molecule has 0 amide bonds. The van der Waals surface area contributed by atoms with Crippen molar-refractivity contribution in [1.29, 1.82) is 0 Å². The molecular weight excluding hydrogens is 200 g/mol. The molecule has 1 aliphatic rings. The smallest absolute Gasteiger partial charge is 0.197 e. The van der Waals surface area contributed by atoms with Crippen LogP contribution in [-0.2, 0) is 4.74 Å². The van der Waals surface area contributed by atoms with Gasteiger partial charge in [-0.1, -0.05) is 30.3 Å². The molecule has 82 valence electrons. The van der Waals surface area contributed by atoms with Crippen LogP contribution in [0.1, 0.15) is 25.5 Å². The Bertz CT molecular complexity index is 533. The van der Waals surface area contributed by atoms with Gasteiger partial charge in [0, 0.05) is 5.56 Å². The first-order chi connectivity index (χ1) is 7.75. The highest BCUT2D eigenvalue weighted by molar-refractivity contribution is 5.88. The second-order valence-corrected chi connectivity index (χ2v) is 4.16. The Morgan fingerprint density at radius 2 is 1.81 bits per heavy atom. The molecule has 0 bridgehead atoms.